The second-order valence-electron chi connectivity index (χ2n) is 5.09. The molecule has 0 aromatic heterocycles. The van der Waals surface area contributed by atoms with E-state index in [1.54, 1.807) is 0 Å². The van der Waals surface area contributed by atoms with E-state index in [-0.39, 0.29) is 23.2 Å². The largest absolute Gasteiger partial charge is 0.586 e. The van der Waals surface area contributed by atoms with E-state index in [9.17, 15) is 13.6 Å². The normalized spacial score (nSPS) is 14.2. The molecule has 2 aromatic rings. The molecule has 1 aliphatic rings. The lowest BCUT2D eigenvalue weighted by atomic mass is 10.3. The summed E-state index contributed by atoms with van der Waals surface area (Å²) in [6, 6.07) is 13.5. The maximum atomic E-state index is 12.9. The van der Waals surface area contributed by atoms with Crippen LogP contribution in [-0.2, 0) is 4.79 Å². The second kappa shape index (κ2) is 7.60. The van der Waals surface area contributed by atoms with Gasteiger partial charge in [-0.1, -0.05) is 18.2 Å². The van der Waals surface area contributed by atoms with Gasteiger partial charge in [0, 0.05) is 17.5 Å². The molecule has 3 rings (SSSR count). The number of anilines is 1. The molecule has 0 spiro atoms. The molecular formula is C17H15F2NO4S. The molecule has 8 heteroatoms. The highest BCUT2D eigenvalue weighted by molar-refractivity contribution is 7.99. The molecule has 0 unspecified atom stereocenters. The third-order valence-electron chi connectivity index (χ3n) is 3.16. The number of benzene rings is 2. The van der Waals surface area contributed by atoms with Gasteiger partial charge in [-0.05, 0) is 24.3 Å². The Kier molecular flexibility index (Phi) is 5.28. The SMILES string of the molecule is O=C(CSCCOc1ccccc1)Nc1ccc2c(c1)OC(F)(F)O2. The molecule has 1 heterocycles. The Bertz CT molecular complexity index is 743. The summed E-state index contributed by atoms with van der Waals surface area (Å²) >= 11 is 1.41. The number of para-hydroxylation sites is 1. The van der Waals surface area contributed by atoms with E-state index in [1.165, 1.54) is 30.0 Å². The predicted molar refractivity (Wildman–Crippen MR) is 90.5 cm³/mol. The van der Waals surface area contributed by atoms with E-state index in [4.69, 9.17) is 4.74 Å². The molecule has 1 aliphatic heterocycles. The van der Waals surface area contributed by atoms with Crippen molar-refractivity contribution in [2.24, 2.45) is 0 Å². The molecule has 2 aromatic carbocycles. The van der Waals surface area contributed by atoms with Crippen LogP contribution >= 0.6 is 11.8 Å². The zero-order chi connectivity index (χ0) is 17.7. The van der Waals surface area contributed by atoms with E-state index < -0.39 is 6.29 Å². The number of carbonyl (C=O) groups excluding carboxylic acids is 1. The molecular weight excluding hydrogens is 352 g/mol. The van der Waals surface area contributed by atoms with Gasteiger partial charge in [0.2, 0.25) is 5.91 Å². The summed E-state index contributed by atoms with van der Waals surface area (Å²) in [5, 5.41) is 2.63. The van der Waals surface area contributed by atoms with Crippen LogP contribution in [0.4, 0.5) is 14.5 Å². The minimum atomic E-state index is -3.67. The summed E-state index contributed by atoms with van der Waals surface area (Å²) in [5.41, 5.74) is 0.367. The van der Waals surface area contributed by atoms with Crippen LogP contribution in [0.25, 0.3) is 0 Å². The third-order valence-corrected chi connectivity index (χ3v) is 4.08. The number of hydrogen-bond acceptors (Lipinski definition) is 5. The minimum absolute atomic E-state index is 0.0598. The second-order valence-corrected chi connectivity index (χ2v) is 6.20. The topological polar surface area (TPSA) is 56.8 Å². The summed E-state index contributed by atoms with van der Waals surface area (Å²) in [4.78, 5) is 11.9. The molecule has 0 radical (unpaired) electrons. The fourth-order valence-corrected chi connectivity index (χ4v) is 2.73. The first-order valence-corrected chi connectivity index (χ1v) is 8.63. The van der Waals surface area contributed by atoms with Gasteiger partial charge in [-0.15, -0.1) is 20.5 Å². The van der Waals surface area contributed by atoms with Crippen molar-refractivity contribution in [3.05, 3.63) is 48.5 Å². The van der Waals surface area contributed by atoms with Crippen molar-refractivity contribution in [2.45, 2.75) is 6.29 Å². The number of amides is 1. The molecule has 1 N–H and O–H groups in total. The number of nitrogens with one attached hydrogen (secondary N) is 1. The fourth-order valence-electron chi connectivity index (χ4n) is 2.12. The van der Waals surface area contributed by atoms with E-state index in [1.807, 2.05) is 30.3 Å². The van der Waals surface area contributed by atoms with Crippen LogP contribution < -0.4 is 19.5 Å². The summed E-state index contributed by atoms with van der Waals surface area (Å²) < 4.78 is 40.1. The number of halogens is 2. The van der Waals surface area contributed by atoms with Crippen LogP contribution in [0.2, 0.25) is 0 Å². The van der Waals surface area contributed by atoms with Gasteiger partial charge in [0.1, 0.15) is 5.75 Å². The molecule has 0 bridgehead atoms. The first-order chi connectivity index (χ1) is 12.0. The third kappa shape index (κ3) is 4.99. The highest BCUT2D eigenvalue weighted by atomic mass is 32.2. The maximum Gasteiger partial charge on any atom is 0.586 e. The average Bonchev–Trinajstić information content (AvgIpc) is 2.88. The first kappa shape index (κ1) is 17.3. The summed E-state index contributed by atoms with van der Waals surface area (Å²) in [5.74, 6) is 1.25. The Labute approximate surface area is 147 Å². The molecule has 0 saturated heterocycles. The van der Waals surface area contributed by atoms with Gasteiger partial charge in [-0.25, -0.2) is 0 Å². The van der Waals surface area contributed by atoms with Gasteiger partial charge < -0.3 is 19.5 Å². The van der Waals surface area contributed by atoms with Crippen LogP contribution in [0.3, 0.4) is 0 Å². The Morgan fingerprint density at radius 2 is 1.88 bits per heavy atom. The molecule has 0 fully saturated rings. The quantitative estimate of drug-likeness (QED) is 0.755. The number of thioether (sulfide) groups is 1. The van der Waals surface area contributed by atoms with Crippen molar-refractivity contribution in [3.63, 3.8) is 0 Å². The van der Waals surface area contributed by atoms with Gasteiger partial charge >= 0.3 is 6.29 Å². The lowest BCUT2D eigenvalue weighted by Crippen LogP contribution is -2.25. The Balaban J connectivity index is 1.38. The van der Waals surface area contributed by atoms with Crippen molar-refractivity contribution in [1.29, 1.82) is 0 Å². The zero-order valence-corrected chi connectivity index (χ0v) is 13.9. The Hall–Kier alpha value is -2.48. The summed E-state index contributed by atoms with van der Waals surface area (Å²) in [7, 11) is 0. The van der Waals surface area contributed by atoms with Gasteiger partial charge in [-0.3, -0.25) is 4.79 Å². The van der Waals surface area contributed by atoms with Crippen LogP contribution in [-0.4, -0.2) is 30.3 Å². The van der Waals surface area contributed by atoms with E-state index in [0.717, 1.165) is 5.75 Å². The van der Waals surface area contributed by atoms with Crippen molar-refractivity contribution in [3.8, 4) is 17.2 Å². The number of hydrogen-bond donors (Lipinski definition) is 1. The minimum Gasteiger partial charge on any atom is -0.493 e. The van der Waals surface area contributed by atoms with Crippen molar-refractivity contribution in [1.82, 2.24) is 0 Å². The predicted octanol–water partition coefficient (Wildman–Crippen LogP) is 3.76. The number of carbonyl (C=O) groups is 1. The van der Waals surface area contributed by atoms with Gasteiger partial charge in [-0.2, -0.15) is 0 Å². The molecule has 1 amide bonds. The van der Waals surface area contributed by atoms with Gasteiger partial charge in [0.05, 0.1) is 12.4 Å². The molecule has 0 saturated carbocycles. The van der Waals surface area contributed by atoms with Crippen LogP contribution in [0.15, 0.2) is 48.5 Å². The number of rotatable bonds is 7. The number of fused-ring (bicyclic) bond motifs is 1. The van der Waals surface area contributed by atoms with E-state index >= 15 is 0 Å². The van der Waals surface area contributed by atoms with Crippen LogP contribution in [0.5, 0.6) is 17.2 Å². The highest BCUT2D eigenvalue weighted by Gasteiger charge is 2.43. The first-order valence-electron chi connectivity index (χ1n) is 7.47. The molecule has 25 heavy (non-hydrogen) atoms. The lowest BCUT2D eigenvalue weighted by Gasteiger charge is -2.07. The maximum absolute atomic E-state index is 12.9. The van der Waals surface area contributed by atoms with E-state index in [0.29, 0.717) is 18.0 Å². The van der Waals surface area contributed by atoms with Gasteiger partial charge in [0.25, 0.3) is 0 Å². The fraction of sp³-hybridized carbons (Fsp3) is 0.235. The van der Waals surface area contributed by atoms with Crippen molar-refractivity contribution in [2.75, 3.05) is 23.4 Å². The van der Waals surface area contributed by atoms with Gasteiger partial charge in [0.15, 0.2) is 11.5 Å². The number of ether oxygens (including phenoxy) is 3. The standard InChI is InChI=1S/C17H15F2NO4S/c18-17(19)23-14-7-6-12(10-15(14)24-17)20-16(21)11-25-9-8-22-13-4-2-1-3-5-13/h1-7,10H,8-9,11H2,(H,20,21). The molecule has 0 atom stereocenters. The van der Waals surface area contributed by atoms with Crippen LogP contribution in [0, 0.1) is 0 Å². The smallest absolute Gasteiger partial charge is 0.493 e. The number of alkyl halides is 2. The zero-order valence-electron chi connectivity index (χ0n) is 13.0. The van der Waals surface area contributed by atoms with Crippen molar-refractivity contribution < 1.29 is 27.8 Å². The monoisotopic (exact) mass is 367 g/mol. The summed E-state index contributed by atoms with van der Waals surface area (Å²) in [6.45, 7) is 0.487. The van der Waals surface area contributed by atoms with Crippen LogP contribution in [0.1, 0.15) is 0 Å². The highest BCUT2D eigenvalue weighted by Crippen LogP contribution is 2.42. The molecule has 5 nitrogen and oxygen atoms in total. The molecule has 0 aliphatic carbocycles. The summed E-state index contributed by atoms with van der Waals surface area (Å²) in [6.07, 6.45) is -3.67. The Morgan fingerprint density at radius 3 is 2.68 bits per heavy atom. The Morgan fingerprint density at radius 1 is 1.12 bits per heavy atom. The lowest BCUT2D eigenvalue weighted by molar-refractivity contribution is -0.286. The van der Waals surface area contributed by atoms with Crippen molar-refractivity contribution >= 4 is 23.4 Å². The van der Waals surface area contributed by atoms with E-state index in [2.05, 4.69) is 14.8 Å². The average molecular weight is 367 g/mol. The molecule has 132 valence electrons.